The molecule has 0 spiro atoms. The number of ether oxygens (including phenoxy) is 1. The maximum absolute atomic E-state index is 12.5. The van der Waals surface area contributed by atoms with Crippen LogP contribution in [0.4, 0.5) is 0 Å². The van der Waals surface area contributed by atoms with Gasteiger partial charge in [-0.05, 0) is 56.4 Å². The number of ketones is 2. The van der Waals surface area contributed by atoms with Crippen LogP contribution in [0.3, 0.4) is 0 Å². The average Bonchev–Trinajstić information content (AvgIpc) is 3.23. The Labute approximate surface area is 196 Å². The molecule has 0 fully saturated rings. The summed E-state index contributed by atoms with van der Waals surface area (Å²) in [6.45, 7) is 4.43. The minimum Gasteiger partial charge on any atom is -0.497 e. The summed E-state index contributed by atoms with van der Waals surface area (Å²) in [6.07, 6.45) is 5.43. The Balaban J connectivity index is 1.46. The maximum Gasteiger partial charge on any atom is 0.159 e. The SMILES string of the molecule is CCn1c(CCCCc2ccc(OC)cc2)nnc1CCC(=O)Cc1ccc(C(C)=O)cc1. The van der Waals surface area contributed by atoms with Crippen LogP contribution in [-0.2, 0) is 37.0 Å². The molecule has 0 radical (unpaired) electrons. The summed E-state index contributed by atoms with van der Waals surface area (Å²) in [5.41, 5.74) is 2.90. The van der Waals surface area contributed by atoms with Crippen LogP contribution in [0.2, 0.25) is 0 Å². The molecule has 1 aromatic heterocycles. The largest absolute Gasteiger partial charge is 0.497 e. The van der Waals surface area contributed by atoms with E-state index in [1.54, 1.807) is 26.2 Å². The number of aryl methyl sites for hydroxylation is 3. The van der Waals surface area contributed by atoms with Gasteiger partial charge < -0.3 is 9.30 Å². The third-order valence-electron chi connectivity index (χ3n) is 5.88. The van der Waals surface area contributed by atoms with E-state index in [0.717, 1.165) is 55.2 Å². The molecular formula is C27H33N3O3. The number of Topliss-reactive ketones (excluding diaryl/α,β-unsaturated/α-hetero) is 2. The van der Waals surface area contributed by atoms with E-state index in [1.807, 2.05) is 24.3 Å². The van der Waals surface area contributed by atoms with Crippen molar-refractivity contribution >= 4 is 11.6 Å². The number of unbranched alkanes of at least 4 members (excludes halogenated alkanes) is 1. The van der Waals surface area contributed by atoms with Gasteiger partial charge in [0.15, 0.2) is 5.78 Å². The zero-order chi connectivity index (χ0) is 23.6. The third kappa shape index (κ3) is 7.11. The molecule has 1 heterocycles. The van der Waals surface area contributed by atoms with Gasteiger partial charge in [0.2, 0.25) is 0 Å². The third-order valence-corrected chi connectivity index (χ3v) is 5.88. The molecule has 0 aliphatic rings. The Bertz CT molecular complexity index is 1050. The molecule has 6 heteroatoms. The zero-order valence-corrected chi connectivity index (χ0v) is 19.8. The van der Waals surface area contributed by atoms with Crippen LogP contribution in [0.15, 0.2) is 48.5 Å². The van der Waals surface area contributed by atoms with Gasteiger partial charge in [-0.3, -0.25) is 9.59 Å². The lowest BCUT2D eigenvalue weighted by Gasteiger charge is -2.08. The van der Waals surface area contributed by atoms with E-state index < -0.39 is 0 Å². The highest BCUT2D eigenvalue weighted by atomic mass is 16.5. The molecule has 0 atom stereocenters. The summed E-state index contributed by atoms with van der Waals surface area (Å²) in [7, 11) is 1.68. The highest BCUT2D eigenvalue weighted by Crippen LogP contribution is 2.15. The first-order valence-electron chi connectivity index (χ1n) is 11.7. The maximum atomic E-state index is 12.5. The van der Waals surface area contributed by atoms with Crippen molar-refractivity contribution < 1.29 is 14.3 Å². The van der Waals surface area contributed by atoms with Gasteiger partial charge in [-0.25, -0.2) is 0 Å². The number of methoxy groups -OCH3 is 1. The number of benzene rings is 2. The molecule has 2 aromatic carbocycles. The van der Waals surface area contributed by atoms with E-state index in [2.05, 4.69) is 33.8 Å². The van der Waals surface area contributed by atoms with Gasteiger partial charge >= 0.3 is 0 Å². The highest BCUT2D eigenvalue weighted by molar-refractivity contribution is 5.94. The molecule has 0 saturated heterocycles. The summed E-state index contributed by atoms with van der Waals surface area (Å²) < 4.78 is 7.35. The second-order valence-corrected chi connectivity index (χ2v) is 8.30. The number of hydrogen-bond donors (Lipinski definition) is 0. The topological polar surface area (TPSA) is 74.1 Å². The van der Waals surface area contributed by atoms with Gasteiger partial charge in [-0.15, -0.1) is 10.2 Å². The monoisotopic (exact) mass is 447 g/mol. The number of aromatic nitrogens is 3. The molecule has 6 nitrogen and oxygen atoms in total. The van der Waals surface area contributed by atoms with Crippen LogP contribution in [0.1, 0.15) is 66.2 Å². The van der Waals surface area contributed by atoms with E-state index in [0.29, 0.717) is 24.8 Å². The number of rotatable bonds is 13. The Morgan fingerprint density at radius 3 is 2.06 bits per heavy atom. The molecule has 0 N–H and O–H groups in total. The molecule has 0 aliphatic carbocycles. The van der Waals surface area contributed by atoms with Crippen LogP contribution in [0, 0.1) is 0 Å². The Hall–Kier alpha value is -3.28. The van der Waals surface area contributed by atoms with Crippen molar-refractivity contribution in [1.29, 1.82) is 0 Å². The van der Waals surface area contributed by atoms with Crippen molar-refractivity contribution in [2.75, 3.05) is 7.11 Å². The summed E-state index contributed by atoms with van der Waals surface area (Å²) in [6, 6.07) is 15.5. The fraction of sp³-hybridized carbons (Fsp3) is 0.407. The number of nitrogens with zero attached hydrogens (tertiary/aromatic N) is 3. The van der Waals surface area contributed by atoms with Crippen LogP contribution >= 0.6 is 0 Å². The Kier molecular flexibility index (Phi) is 8.93. The van der Waals surface area contributed by atoms with Gasteiger partial charge in [0.05, 0.1) is 7.11 Å². The minimum atomic E-state index is 0.0308. The first-order chi connectivity index (χ1) is 16.0. The summed E-state index contributed by atoms with van der Waals surface area (Å²) in [5, 5.41) is 8.76. The van der Waals surface area contributed by atoms with Crippen molar-refractivity contribution in [3.8, 4) is 5.75 Å². The average molecular weight is 448 g/mol. The summed E-state index contributed by atoms with van der Waals surface area (Å²) in [4.78, 5) is 23.8. The Morgan fingerprint density at radius 1 is 0.848 bits per heavy atom. The Morgan fingerprint density at radius 2 is 1.45 bits per heavy atom. The highest BCUT2D eigenvalue weighted by Gasteiger charge is 2.13. The lowest BCUT2D eigenvalue weighted by atomic mass is 10.0. The van der Waals surface area contributed by atoms with Gasteiger partial charge in [0.25, 0.3) is 0 Å². The molecule has 0 aliphatic heterocycles. The number of carbonyl (C=O) groups excluding carboxylic acids is 2. The molecule has 0 saturated carbocycles. The standard InChI is InChI=1S/C27H33N3O3/c1-4-30-26(8-6-5-7-21-11-16-25(33-3)17-12-21)28-29-27(30)18-15-24(32)19-22-9-13-23(14-10-22)20(2)31/h9-14,16-17H,4-8,15,18-19H2,1-3H3. The number of carbonyl (C=O) groups is 2. The zero-order valence-electron chi connectivity index (χ0n) is 19.8. The first-order valence-corrected chi connectivity index (χ1v) is 11.7. The molecular weight excluding hydrogens is 414 g/mol. The first kappa shape index (κ1) is 24.4. The molecule has 33 heavy (non-hydrogen) atoms. The van der Waals surface area contributed by atoms with E-state index in [4.69, 9.17) is 4.74 Å². The molecule has 0 amide bonds. The molecule has 3 aromatic rings. The van der Waals surface area contributed by atoms with Crippen LogP contribution in [0.25, 0.3) is 0 Å². The van der Waals surface area contributed by atoms with Gasteiger partial charge in [-0.1, -0.05) is 36.4 Å². The van der Waals surface area contributed by atoms with Crippen LogP contribution in [0.5, 0.6) is 5.75 Å². The van der Waals surface area contributed by atoms with Crippen LogP contribution in [-0.4, -0.2) is 33.4 Å². The van der Waals surface area contributed by atoms with E-state index in [-0.39, 0.29) is 11.6 Å². The van der Waals surface area contributed by atoms with Crippen molar-refractivity contribution in [3.63, 3.8) is 0 Å². The molecule has 3 rings (SSSR count). The van der Waals surface area contributed by atoms with E-state index >= 15 is 0 Å². The summed E-state index contributed by atoms with van der Waals surface area (Å²) >= 11 is 0. The fourth-order valence-corrected chi connectivity index (χ4v) is 3.94. The minimum absolute atomic E-state index is 0.0308. The quantitative estimate of drug-likeness (QED) is 0.277. The van der Waals surface area contributed by atoms with Crippen molar-refractivity contribution in [1.82, 2.24) is 14.8 Å². The lowest BCUT2D eigenvalue weighted by Crippen LogP contribution is -2.10. The fourth-order valence-electron chi connectivity index (χ4n) is 3.94. The van der Waals surface area contributed by atoms with Crippen LogP contribution < -0.4 is 4.74 Å². The number of hydrogen-bond acceptors (Lipinski definition) is 5. The predicted octanol–water partition coefficient (Wildman–Crippen LogP) is 4.82. The smallest absolute Gasteiger partial charge is 0.159 e. The molecule has 174 valence electrons. The van der Waals surface area contributed by atoms with Gasteiger partial charge in [-0.2, -0.15) is 0 Å². The van der Waals surface area contributed by atoms with Crippen molar-refractivity contribution in [2.24, 2.45) is 0 Å². The lowest BCUT2D eigenvalue weighted by molar-refractivity contribution is -0.118. The normalized spacial score (nSPS) is 10.9. The van der Waals surface area contributed by atoms with E-state index in [1.165, 1.54) is 5.56 Å². The van der Waals surface area contributed by atoms with Gasteiger partial charge in [0, 0.05) is 37.8 Å². The van der Waals surface area contributed by atoms with Gasteiger partial charge in [0.1, 0.15) is 23.2 Å². The second kappa shape index (κ2) is 12.1. The van der Waals surface area contributed by atoms with E-state index in [9.17, 15) is 9.59 Å². The molecule has 0 bridgehead atoms. The predicted molar refractivity (Wildman–Crippen MR) is 129 cm³/mol. The second-order valence-electron chi connectivity index (χ2n) is 8.30. The molecule has 0 unspecified atom stereocenters. The van der Waals surface area contributed by atoms with Crippen molar-refractivity contribution in [2.45, 2.75) is 65.3 Å². The van der Waals surface area contributed by atoms with Crippen molar-refractivity contribution in [3.05, 3.63) is 76.9 Å². The summed E-state index contributed by atoms with van der Waals surface area (Å²) in [5.74, 6) is 2.95.